The van der Waals surface area contributed by atoms with Crippen LogP contribution in [0.4, 0.5) is 0 Å². The number of allylic oxidation sites excluding steroid dienone is 22. The molecule has 0 amide bonds. The molecule has 0 saturated heterocycles. The number of hydrogen-bond acceptors (Lipinski definition) is 7. The maximum atomic E-state index is 12.8. The normalized spacial score (nSPS) is 14.2. The number of ether oxygens (including phenoxy) is 2. The molecule has 0 radical (unpaired) electrons. The first-order chi connectivity index (χ1) is 37.0. The van der Waals surface area contributed by atoms with Gasteiger partial charge in [0.1, 0.15) is 19.8 Å². The van der Waals surface area contributed by atoms with Gasteiger partial charge in [-0.05, 0) is 109 Å². The predicted molar refractivity (Wildman–Crippen MR) is 325 cm³/mol. The summed E-state index contributed by atoms with van der Waals surface area (Å²) in [6.45, 7) is 4.15. The van der Waals surface area contributed by atoms with Crippen molar-refractivity contribution < 1.29 is 42.1 Å². The molecule has 1 N–H and O–H groups in total. The van der Waals surface area contributed by atoms with Crippen molar-refractivity contribution in [3.05, 3.63) is 134 Å². The second-order valence-corrected chi connectivity index (χ2v) is 22.1. The lowest BCUT2D eigenvalue weighted by molar-refractivity contribution is -0.870. The van der Waals surface area contributed by atoms with E-state index in [1.807, 2.05) is 21.1 Å². The van der Waals surface area contributed by atoms with Crippen molar-refractivity contribution in [1.29, 1.82) is 0 Å². The molecule has 0 aromatic heterocycles. The molecule has 0 rings (SSSR count). The zero-order chi connectivity index (χ0) is 55.6. The number of likely N-dealkylation sites (N-methyl/N-ethyl adjacent to an activating group) is 1. The third-order valence-electron chi connectivity index (χ3n) is 12.2. The van der Waals surface area contributed by atoms with Crippen LogP contribution in [0.1, 0.15) is 219 Å². The third kappa shape index (κ3) is 59.4. The van der Waals surface area contributed by atoms with E-state index in [-0.39, 0.29) is 26.1 Å². The van der Waals surface area contributed by atoms with Gasteiger partial charge in [-0.2, -0.15) is 0 Å². The lowest BCUT2D eigenvalue weighted by Gasteiger charge is -2.24. The van der Waals surface area contributed by atoms with Crippen molar-refractivity contribution >= 4 is 19.8 Å². The van der Waals surface area contributed by atoms with Gasteiger partial charge in [-0.15, -0.1) is 0 Å². The highest BCUT2D eigenvalue weighted by atomic mass is 31.2. The molecule has 10 heteroatoms. The van der Waals surface area contributed by atoms with E-state index in [1.54, 1.807) is 0 Å². The lowest BCUT2D eigenvalue weighted by Crippen LogP contribution is -2.37. The van der Waals surface area contributed by atoms with Crippen molar-refractivity contribution in [2.45, 2.75) is 225 Å². The summed E-state index contributed by atoms with van der Waals surface area (Å²) < 4.78 is 34.5. The van der Waals surface area contributed by atoms with Gasteiger partial charge in [0.05, 0.1) is 27.7 Å². The number of esters is 2. The van der Waals surface area contributed by atoms with Gasteiger partial charge in [0, 0.05) is 12.8 Å². The summed E-state index contributed by atoms with van der Waals surface area (Å²) in [7, 11) is 1.45. The lowest BCUT2D eigenvalue weighted by atomic mass is 10.0. The second kappa shape index (κ2) is 55.9. The van der Waals surface area contributed by atoms with Gasteiger partial charge in [-0.25, -0.2) is 4.57 Å². The maximum Gasteiger partial charge on any atom is 0.472 e. The second-order valence-electron chi connectivity index (χ2n) is 20.6. The van der Waals surface area contributed by atoms with Crippen LogP contribution in [0, 0.1) is 0 Å². The summed E-state index contributed by atoms with van der Waals surface area (Å²) in [6.07, 6.45) is 81.2. The monoisotopic (exact) mass is 1080 g/mol. The fraction of sp³-hybridized carbons (Fsp3) is 0.636. The van der Waals surface area contributed by atoms with E-state index in [4.69, 9.17) is 18.5 Å². The first kappa shape index (κ1) is 72.2. The number of rotatable bonds is 53. The number of phosphoric acid groups is 1. The van der Waals surface area contributed by atoms with Crippen molar-refractivity contribution in [2.75, 3.05) is 47.5 Å². The number of nitrogens with zero attached hydrogens (tertiary/aromatic N) is 1. The van der Waals surface area contributed by atoms with Gasteiger partial charge in [-0.3, -0.25) is 18.6 Å². The van der Waals surface area contributed by atoms with Crippen molar-refractivity contribution in [3.8, 4) is 0 Å². The Hall–Kier alpha value is -3.85. The molecule has 0 bridgehead atoms. The molecule has 0 aliphatic heterocycles. The Morgan fingerprint density at radius 1 is 0.408 bits per heavy atom. The summed E-state index contributed by atoms with van der Waals surface area (Å²) in [5.41, 5.74) is 0. The van der Waals surface area contributed by atoms with Gasteiger partial charge in [0.2, 0.25) is 0 Å². The third-order valence-corrected chi connectivity index (χ3v) is 13.2. The Kier molecular flexibility index (Phi) is 53.1. The molecule has 432 valence electrons. The number of carbonyl (C=O) groups excluding carboxylic acids is 2. The van der Waals surface area contributed by atoms with Crippen LogP contribution in [0.2, 0.25) is 0 Å². The highest BCUT2D eigenvalue weighted by molar-refractivity contribution is 7.47. The molecular weight excluding hydrogens is 966 g/mol. The average molecular weight is 1080 g/mol. The molecule has 9 nitrogen and oxygen atoms in total. The zero-order valence-corrected chi connectivity index (χ0v) is 49.8. The summed E-state index contributed by atoms with van der Waals surface area (Å²) in [5.74, 6) is -0.840. The van der Waals surface area contributed by atoms with E-state index in [9.17, 15) is 19.0 Å². The minimum atomic E-state index is -4.40. The van der Waals surface area contributed by atoms with Crippen molar-refractivity contribution in [1.82, 2.24) is 0 Å². The molecule has 0 spiro atoms. The largest absolute Gasteiger partial charge is 0.472 e. The first-order valence-electron chi connectivity index (χ1n) is 29.9. The number of carbonyl (C=O) groups is 2. The molecule has 76 heavy (non-hydrogen) atoms. The minimum Gasteiger partial charge on any atom is -0.462 e. The maximum absolute atomic E-state index is 12.8. The molecule has 0 heterocycles. The minimum absolute atomic E-state index is 0.0211. The SMILES string of the molecule is CC/C=C\C/C=C\C/C=C\C/C=C\C/C=C\C/C=C\C/C=C\C/C=C\CCCCCCCCCCCCCCCCC(=O)OC(COC(=O)CCCCC/C=C\C/C=C\C/C=C\CC)COP(=O)(O)OCC[N+](C)(C)C. The Labute approximate surface area is 466 Å². The predicted octanol–water partition coefficient (Wildman–Crippen LogP) is 18.9. The highest BCUT2D eigenvalue weighted by Gasteiger charge is 2.27. The Bertz CT molecular complexity index is 1740. The van der Waals surface area contributed by atoms with Crippen LogP contribution >= 0.6 is 7.82 Å². The van der Waals surface area contributed by atoms with E-state index >= 15 is 0 Å². The summed E-state index contributed by atoms with van der Waals surface area (Å²) in [6, 6.07) is 0. The van der Waals surface area contributed by atoms with E-state index in [0.29, 0.717) is 23.9 Å². The molecule has 0 saturated carbocycles. The number of phosphoric ester groups is 1. The van der Waals surface area contributed by atoms with E-state index in [1.165, 1.54) is 70.6 Å². The molecule has 0 aliphatic rings. The van der Waals surface area contributed by atoms with Crippen molar-refractivity contribution in [3.63, 3.8) is 0 Å². The topological polar surface area (TPSA) is 108 Å². The highest BCUT2D eigenvalue weighted by Crippen LogP contribution is 2.43. The van der Waals surface area contributed by atoms with Gasteiger partial charge in [-0.1, -0.05) is 231 Å². The van der Waals surface area contributed by atoms with Crippen LogP contribution < -0.4 is 0 Å². The van der Waals surface area contributed by atoms with Crippen LogP contribution in [-0.4, -0.2) is 74.9 Å². The fourth-order valence-electron chi connectivity index (χ4n) is 7.63. The van der Waals surface area contributed by atoms with E-state index in [2.05, 4.69) is 148 Å². The summed E-state index contributed by atoms with van der Waals surface area (Å²) in [5, 5.41) is 0. The van der Waals surface area contributed by atoms with Gasteiger partial charge in [0.15, 0.2) is 6.10 Å². The molecule has 0 aromatic rings. The Morgan fingerprint density at radius 2 is 0.711 bits per heavy atom. The molecule has 0 aromatic carbocycles. The standard InChI is InChI=1S/C66H110NO8P/c1-6-8-10-12-14-16-18-20-21-22-23-24-25-26-27-28-29-30-31-32-33-34-35-36-37-38-39-40-41-42-43-44-45-47-49-51-53-55-57-59-66(69)75-64(63-74-76(70,71)73-61-60-67(3,4)5)62-72-65(68)58-56-54-52-50-48-46-19-17-15-13-11-9-7-2/h8-11,14-17,20-21,23-24,26-27,29-30,32-33,35-36,46,48,64H,6-7,12-13,18-19,22,25,28,31,34,37-45,47,49-63H2,1-5H3/p+1/b10-8-,11-9-,16-14-,17-15-,21-20-,24-23-,27-26-,30-29-,33-32-,36-35-,48-46-. The van der Waals surface area contributed by atoms with E-state index < -0.39 is 32.5 Å². The average Bonchev–Trinajstić information content (AvgIpc) is 3.38. The molecule has 2 atom stereocenters. The Morgan fingerprint density at radius 3 is 1.07 bits per heavy atom. The number of hydrogen-bond donors (Lipinski definition) is 1. The van der Waals surface area contributed by atoms with Crippen LogP contribution in [0.15, 0.2) is 134 Å². The van der Waals surface area contributed by atoms with E-state index in [0.717, 1.165) is 109 Å². The van der Waals surface area contributed by atoms with Crippen molar-refractivity contribution in [2.24, 2.45) is 0 Å². The molecule has 0 aliphatic carbocycles. The zero-order valence-electron chi connectivity index (χ0n) is 48.9. The molecule has 0 fully saturated rings. The smallest absolute Gasteiger partial charge is 0.462 e. The Balaban J connectivity index is 4.04. The molecule has 2 unspecified atom stereocenters. The summed E-state index contributed by atoms with van der Waals surface area (Å²) in [4.78, 5) is 35.6. The first-order valence-corrected chi connectivity index (χ1v) is 31.4. The number of unbranched alkanes of at least 4 members (excludes halogenated alkanes) is 17. The van der Waals surface area contributed by atoms with Gasteiger partial charge < -0.3 is 18.9 Å². The van der Waals surface area contributed by atoms with Crippen LogP contribution in [0.3, 0.4) is 0 Å². The van der Waals surface area contributed by atoms with Crippen LogP contribution in [0.25, 0.3) is 0 Å². The molecular formula is C66H111NO8P+. The number of quaternary nitrogens is 1. The quantitative estimate of drug-likeness (QED) is 0.0211. The van der Waals surface area contributed by atoms with Crippen LogP contribution in [-0.2, 0) is 32.7 Å². The fourth-order valence-corrected chi connectivity index (χ4v) is 8.37. The summed E-state index contributed by atoms with van der Waals surface area (Å²) >= 11 is 0. The van der Waals surface area contributed by atoms with Crippen LogP contribution in [0.5, 0.6) is 0 Å². The van der Waals surface area contributed by atoms with Gasteiger partial charge >= 0.3 is 19.8 Å². The van der Waals surface area contributed by atoms with Gasteiger partial charge in [0.25, 0.3) is 0 Å².